The molecule has 11 heavy (non-hydrogen) atoms. The molecule has 0 unspecified atom stereocenters. The van der Waals surface area contributed by atoms with Gasteiger partial charge >= 0.3 is 0 Å². The maximum absolute atomic E-state index is 10.9. The number of ketones is 1. The summed E-state index contributed by atoms with van der Waals surface area (Å²) in [6, 6.07) is 0. The van der Waals surface area contributed by atoms with Gasteiger partial charge in [-0.2, -0.15) is 0 Å². The average Bonchev–Trinajstić information content (AvgIpc) is 1.99. The van der Waals surface area contributed by atoms with Gasteiger partial charge in [0.25, 0.3) is 0 Å². The van der Waals surface area contributed by atoms with Crippen LogP contribution < -0.4 is 0 Å². The maximum Gasteiger partial charge on any atom is 0.220 e. The lowest BCUT2D eigenvalue weighted by Crippen LogP contribution is -2.35. The van der Waals surface area contributed by atoms with E-state index in [1.807, 2.05) is 0 Å². The van der Waals surface area contributed by atoms with Gasteiger partial charge in [-0.05, 0) is 18.6 Å². The van der Waals surface area contributed by atoms with Gasteiger partial charge in [-0.15, -0.1) is 0 Å². The fraction of sp³-hybridized carbons (Fsp3) is 0.571. The molecule has 0 bridgehead atoms. The second kappa shape index (κ2) is 3.13. The van der Waals surface area contributed by atoms with Crippen LogP contribution >= 0.6 is 0 Å². The van der Waals surface area contributed by atoms with Crippen molar-refractivity contribution in [1.29, 1.82) is 0 Å². The SMILES string of the molecule is CC1=C[C@@H](CO)O[C@H](O)C1=O. The Morgan fingerprint density at radius 2 is 2.36 bits per heavy atom. The second-order valence-corrected chi connectivity index (χ2v) is 2.42. The Bertz CT molecular complexity index is 197. The van der Waals surface area contributed by atoms with Crippen molar-refractivity contribution in [3.8, 4) is 0 Å². The monoisotopic (exact) mass is 158 g/mol. The Morgan fingerprint density at radius 3 is 2.82 bits per heavy atom. The Kier molecular flexibility index (Phi) is 2.38. The van der Waals surface area contributed by atoms with E-state index in [1.165, 1.54) is 6.08 Å². The van der Waals surface area contributed by atoms with Gasteiger partial charge < -0.3 is 14.9 Å². The lowest BCUT2D eigenvalue weighted by Gasteiger charge is -2.21. The Hall–Kier alpha value is -0.710. The van der Waals surface area contributed by atoms with Crippen LogP contribution in [0.2, 0.25) is 0 Å². The smallest absolute Gasteiger partial charge is 0.220 e. The number of aliphatic hydroxyl groups excluding tert-OH is 2. The largest absolute Gasteiger partial charge is 0.393 e. The first-order valence-electron chi connectivity index (χ1n) is 3.32. The molecule has 0 amide bonds. The van der Waals surface area contributed by atoms with Crippen molar-refractivity contribution in [2.45, 2.75) is 19.3 Å². The van der Waals surface area contributed by atoms with E-state index in [0.717, 1.165) is 0 Å². The van der Waals surface area contributed by atoms with Gasteiger partial charge in [0.2, 0.25) is 12.1 Å². The van der Waals surface area contributed by atoms with Gasteiger partial charge in [0.1, 0.15) is 6.10 Å². The van der Waals surface area contributed by atoms with E-state index >= 15 is 0 Å². The average molecular weight is 158 g/mol. The predicted molar refractivity (Wildman–Crippen MR) is 36.7 cm³/mol. The van der Waals surface area contributed by atoms with Crippen molar-refractivity contribution in [2.24, 2.45) is 0 Å². The third-order valence-electron chi connectivity index (χ3n) is 1.53. The molecule has 2 N–H and O–H groups in total. The maximum atomic E-state index is 10.9. The van der Waals surface area contributed by atoms with E-state index in [1.54, 1.807) is 6.92 Å². The van der Waals surface area contributed by atoms with Crippen LogP contribution in [0.3, 0.4) is 0 Å². The first kappa shape index (κ1) is 8.39. The number of Topliss-reactive ketones (excluding diaryl/α,β-unsaturated/α-hetero) is 1. The third-order valence-corrected chi connectivity index (χ3v) is 1.53. The number of rotatable bonds is 1. The normalized spacial score (nSPS) is 31.9. The lowest BCUT2D eigenvalue weighted by molar-refractivity contribution is -0.165. The summed E-state index contributed by atoms with van der Waals surface area (Å²) in [6.45, 7) is 1.36. The minimum Gasteiger partial charge on any atom is -0.393 e. The highest BCUT2D eigenvalue weighted by Gasteiger charge is 2.26. The fourth-order valence-corrected chi connectivity index (χ4v) is 0.918. The minimum atomic E-state index is -1.41. The molecule has 0 spiro atoms. The summed E-state index contributed by atoms with van der Waals surface area (Å²) in [5.41, 5.74) is 0.433. The standard InChI is InChI=1S/C7H10O4/c1-4-2-5(3-8)11-7(10)6(4)9/h2,5,7-8,10H,3H2,1H3/t5-,7-/m0/s1. The third kappa shape index (κ3) is 1.65. The highest BCUT2D eigenvalue weighted by molar-refractivity contribution is 5.97. The molecular formula is C7H10O4. The van der Waals surface area contributed by atoms with Crippen molar-refractivity contribution >= 4 is 5.78 Å². The van der Waals surface area contributed by atoms with E-state index in [4.69, 9.17) is 14.9 Å². The van der Waals surface area contributed by atoms with E-state index in [0.29, 0.717) is 5.57 Å². The number of hydrogen-bond acceptors (Lipinski definition) is 4. The number of hydrogen-bond donors (Lipinski definition) is 2. The van der Waals surface area contributed by atoms with Crippen molar-refractivity contribution in [1.82, 2.24) is 0 Å². The van der Waals surface area contributed by atoms with E-state index in [2.05, 4.69) is 0 Å². The van der Waals surface area contributed by atoms with Gasteiger partial charge in [0, 0.05) is 0 Å². The Balaban J connectivity index is 2.76. The molecule has 1 rings (SSSR count). The van der Waals surface area contributed by atoms with Gasteiger partial charge in [-0.1, -0.05) is 0 Å². The molecule has 0 radical (unpaired) electrons. The van der Waals surface area contributed by atoms with Crippen LogP contribution in [0, 0.1) is 0 Å². The molecule has 4 nitrogen and oxygen atoms in total. The van der Waals surface area contributed by atoms with Gasteiger partial charge in [-0.3, -0.25) is 4.79 Å². The van der Waals surface area contributed by atoms with E-state index in [-0.39, 0.29) is 6.61 Å². The molecule has 62 valence electrons. The summed E-state index contributed by atoms with van der Waals surface area (Å²) >= 11 is 0. The fourth-order valence-electron chi connectivity index (χ4n) is 0.918. The van der Waals surface area contributed by atoms with Crippen LogP contribution in [0.4, 0.5) is 0 Å². The zero-order valence-electron chi connectivity index (χ0n) is 6.15. The van der Waals surface area contributed by atoms with Gasteiger partial charge in [-0.25, -0.2) is 0 Å². The molecule has 4 heteroatoms. The summed E-state index contributed by atoms with van der Waals surface area (Å²) in [5, 5.41) is 17.5. The number of carbonyl (C=O) groups is 1. The summed E-state index contributed by atoms with van der Waals surface area (Å²) in [5.74, 6) is -0.435. The highest BCUT2D eigenvalue weighted by atomic mass is 16.6. The van der Waals surface area contributed by atoms with Crippen LogP contribution in [-0.4, -0.2) is 35.0 Å². The molecule has 1 aliphatic heterocycles. The molecule has 0 aromatic rings. The van der Waals surface area contributed by atoms with Crippen LogP contribution in [0.1, 0.15) is 6.92 Å². The zero-order valence-corrected chi connectivity index (χ0v) is 6.15. The summed E-state index contributed by atoms with van der Waals surface area (Å²) in [4.78, 5) is 10.9. The van der Waals surface area contributed by atoms with Crippen LogP contribution in [0.25, 0.3) is 0 Å². The Morgan fingerprint density at radius 1 is 1.73 bits per heavy atom. The van der Waals surface area contributed by atoms with E-state index < -0.39 is 18.2 Å². The minimum absolute atomic E-state index is 0.221. The topological polar surface area (TPSA) is 66.8 Å². The van der Waals surface area contributed by atoms with Crippen LogP contribution in [0.5, 0.6) is 0 Å². The molecule has 2 atom stereocenters. The predicted octanol–water partition coefficient (Wildman–Crippen LogP) is -0.789. The summed E-state index contributed by atoms with van der Waals surface area (Å²) in [7, 11) is 0. The molecule has 1 heterocycles. The zero-order chi connectivity index (χ0) is 8.43. The van der Waals surface area contributed by atoms with E-state index in [9.17, 15) is 4.79 Å². The summed E-state index contributed by atoms with van der Waals surface area (Å²) in [6.07, 6.45) is -0.463. The molecule has 0 saturated heterocycles. The number of ether oxygens (including phenoxy) is 1. The molecule has 1 aliphatic rings. The van der Waals surface area contributed by atoms with Crippen LogP contribution in [0.15, 0.2) is 11.6 Å². The Labute approximate surface area is 64.1 Å². The molecule has 0 saturated carbocycles. The number of aliphatic hydroxyl groups is 2. The van der Waals surface area contributed by atoms with Crippen molar-refractivity contribution in [3.05, 3.63) is 11.6 Å². The highest BCUT2D eigenvalue weighted by Crippen LogP contribution is 2.12. The quantitative estimate of drug-likeness (QED) is 0.525. The molecule has 0 aromatic carbocycles. The molecule has 0 fully saturated rings. The number of carbonyl (C=O) groups excluding carboxylic acids is 1. The van der Waals surface area contributed by atoms with Gasteiger partial charge in [0.05, 0.1) is 6.61 Å². The molecule has 0 aromatic heterocycles. The summed E-state index contributed by atoms with van der Waals surface area (Å²) < 4.78 is 4.70. The molecular weight excluding hydrogens is 148 g/mol. The molecule has 0 aliphatic carbocycles. The van der Waals surface area contributed by atoms with Crippen molar-refractivity contribution in [3.63, 3.8) is 0 Å². The van der Waals surface area contributed by atoms with Crippen molar-refractivity contribution in [2.75, 3.05) is 6.61 Å². The van der Waals surface area contributed by atoms with Gasteiger partial charge in [0.15, 0.2) is 0 Å². The van der Waals surface area contributed by atoms with Crippen LogP contribution in [-0.2, 0) is 9.53 Å². The second-order valence-electron chi connectivity index (χ2n) is 2.42. The first-order chi connectivity index (χ1) is 5.15. The van der Waals surface area contributed by atoms with Crippen molar-refractivity contribution < 1.29 is 19.7 Å². The first-order valence-corrected chi connectivity index (χ1v) is 3.32. The lowest BCUT2D eigenvalue weighted by atomic mass is 10.1.